The second-order valence-corrected chi connectivity index (χ2v) is 3.23. The molecule has 0 N–H and O–H groups in total. The van der Waals surface area contributed by atoms with Crippen molar-refractivity contribution in [3.05, 3.63) is 34.9 Å². The van der Waals surface area contributed by atoms with Gasteiger partial charge in [0.1, 0.15) is 0 Å². The summed E-state index contributed by atoms with van der Waals surface area (Å²) in [5.74, 6) is -0.299. The van der Waals surface area contributed by atoms with E-state index in [4.69, 9.17) is 0 Å². The molecule has 0 saturated heterocycles. The summed E-state index contributed by atoms with van der Waals surface area (Å²) >= 11 is 4.42. The van der Waals surface area contributed by atoms with Crippen LogP contribution in [-0.4, -0.2) is 5.91 Å². The molecule has 2 nitrogen and oxygen atoms in total. The first-order chi connectivity index (χ1) is 6.74. The molecule has 0 saturated carbocycles. The Hall–Kier alpha value is -1.09. The number of carbonyl (C=O) groups excluding carboxylic acids is 1. The van der Waals surface area contributed by atoms with Gasteiger partial charge in [-0.25, -0.2) is 0 Å². The monoisotopic (exact) mass is 207 g/mol. The van der Waals surface area contributed by atoms with E-state index < -0.39 is 0 Å². The molecule has 0 aliphatic rings. The minimum atomic E-state index is -0.299. The number of nitrogens with zero attached hydrogens (tertiary/aromatic N) is 1. The summed E-state index contributed by atoms with van der Waals surface area (Å²) in [6.45, 7) is 4.11. The SMILES string of the molecule is CCc1cccc(C(=O)N=S)c1CC. The lowest BCUT2D eigenvalue weighted by molar-refractivity contribution is 0.100. The molecular weight excluding hydrogens is 194 g/mol. The van der Waals surface area contributed by atoms with Gasteiger partial charge in [0, 0.05) is 18.0 Å². The van der Waals surface area contributed by atoms with Crippen LogP contribution in [0.2, 0.25) is 0 Å². The number of hydrogen-bond acceptors (Lipinski definition) is 2. The van der Waals surface area contributed by atoms with Crippen LogP contribution in [0.25, 0.3) is 0 Å². The highest BCUT2D eigenvalue weighted by molar-refractivity contribution is 7.47. The first-order valence-electron chi connectivity index (χ1n) is 4.73. The standard InChI is InChI=1S/C11H13NOS/c1-3-8-6-5-7-10(9(8)4-2)11(13)12-14/h5-7H,3-4H2,1-2H3. The fourth-order valence-electron chi connectivity index (χ4n) is 1.63. The molecule has 0 unspecified atom stereocenters. The average Bonchev–Trinajstić information content (AvgIpc) is 2.26. The molecule has 1 aromatic rings. The summed E-state index contributed by atoms with van der Waals surface area (Å²) in [5, 5.41) is 0. The van der Waals surface area contributed by atoms with Gasteiger partial charge in [-0.2, -0.15) is 0 Å². The van der Waals surface area contributed by atoms with Gasteiger partial charge in [-0.1, -0.05) is 26.0 Å². The summed E-state index contributed by atoms with van der Waals surface area (Å²) in [6, 6.07) is 5.71. The van der Waals surface area contributed by atoms with Crippen LogP contribution in [0, 0.1) is 0 Å². The van der Waals surface area contributed by atoms with Crippen molar-refractivity contribution in [3.8, 4) is 0 Å². The zero-order chi connectivity index (χ0) is 10.6. The molecule has 0 spiro atoms. The van der Waals surface area contributed by atoms with E-state index in [2.05, 4.69) is 23.7 Å². The van der Waals surface area contributed by atoms with Gasteiger partial charge in [0.15, 0.2) is 0 Å². The van der Waals surface area contributed by atoms with Crippen molar-refractivity contribution in [2.45, 2.75) is 26.7 Å². The Bertz CT molecular complexity index is 360. The number of hydrogen-bond donors (Lipinski definition) is 0. The molecule has 0 bridgehead atoms. The van der Waals surface area contributed by atoms with Crippen LogP contribution < -0.4 is 0 Å². The second kappa shape index (κ2) is 4.96. The number of aryl methyl sites for hydroxylation is 1. The van der Waals surface area contributed by atoms with Crippen LogP contribution in [0.15, 0.2) is 22.6 Å². The van der Waals surface area contributed by atoms with Crippen molar-refractivity contribution < 1.29 is 4.79 Å². The zero-order valence-electron chi connectivity index (χ0n) is 8.41. The third-order valence-electron chi connectivity index (χ3n) is 2.32. The van der Waals surface area contributed by atoms with Crippen molar-refractivity contribution >= 4 is 18.3 Å². The summed E-state index contributed by atoms with van der Waals surface area (Å²) in [5.41, 5.74) is 2.94. The van der Waals surface area contributed by atoms with E-state index in [1.54, 1.807) is 6.07 Å². The average molecular weight is 207 g/mol. The van der Waals surface area contributed by atoms with Crippen LogP contribution in [-0.2, 0) is 25.3 Å². The number of rotatable bonds is 3. The van der Waals surface area contributed by atoms with E-state index in [-0.39, 0.29) is 5.91 Å². The quantitative estimate of drug-likeness (QED) is 0.762. The first-order valence-corrected chi connectivity index (χ1v) is 5.09. The van der Waals surface area contributed by atoms with Crippen LogP contribution >= 0.6 is 0 Å². The minimum Gasteiger partial charge on any atom is -0.266 e. The molecule has 0 aliphatic carbocycles. The van der Waals surface area contributed by atoms with Gasteiger partial charge in [0.25, 0.3) is 5.91 Å². The maximum Gasteiger partial charge on any atom is 0.288 e. The zero-order valence-corrected chi connectivity index (χ0v) is 9.23. The molecular formula is C11H13NOS. The van der Waals surface area contributed by atoms with Gasteiger partial charge >= 0.3 is 0 Å². The highest BCUT2D eigenvalue weighted by Crippen LogP contribution is 2.17. The maximum absolute atomic E-state index is 11.4. The Morgan fingerprint density at radius 3 is 2.57 bits per heavy atom. The van der Waals surface area contributed by atoms with E-state index in [0.717, 1.165) is 18.4 Å². The lowest BCUT2D eigenvalue weighted by Crippen LogP contribution is -2.03. The fraction of sp³-hybridized carbons (Fsp3) is 0.364. The predicted octanol–water partition coefficient (Wildman–Crippen LogP) is 2.68. The molecule has 0 atom stereocenters. The van der Waals surface area contributed by atoms with Gasteiger partial charge in [-0.05, 0) is 30.0 Å². The lowest BCUT2D eigenvalue weighted by Gasteiger charge is -2.08. The Morgan fingerprint density at radius 1 is 1.36 bits per heavy atom. The predicted molar refractivity (Wildman–Crippen MR) is 59.3 cm³/mol. The first kappa shape index (κ1) is 11.0. The van der Waals surface area contributed by atoms with Crippen molar-refractivity contribution in [3.63, 3.8) is 0 Å². The van der Waals surface area contributed by atoms with Crippen molar-refractivity contribution in [1.82, 2.24) is 0 Å². The van der Waals surface area contributed by atoms with Crippen molar-refractivity contribution in [1.29, 1.82) is 0 Å². The van der Waals surface area contributed by atoms with Crippen LogP contribution in [0.4, 0.5) is 0 Å². The van der Waals surface area contributed by atoms with Crippen LogP contribution in [0.5, 0.6) is 0 Å². The van der Waals surface area contributed by atoms with Gasteiger partial charge in [-0.15, -0.1) is 4.36 Å². The van der Waals surface area contributed by atoms with E-state index in [1.165, 1.54) is 5.56 Å². The number of carbonyl (C=O) groups is 1. The molecule has 0 aromatic heterocycles. The summed E-state index contributed by atoms with van der Waals surface area (Å²) in [4.78, 5) is 11.4. The molecule has 74 valence electrons. The van der Waals surface area contributed by atoms with Crippen LogP contribution in [0.3, 0.4) is 0 Å². The molecule has 1 aromatic carbocycles. The lowest BCUT2D eigenvalue weighted by atomic mass is 9.97. The summed E-state index contributed by atoms with van der Waals surface area (Å²) in [6.07, 6.45) is 1.78. The Balaban J connectivity index is 3.28. The van der Waals surface area contributed by atoms with E-state index in [9.17, 15) is 4.79 Å². The molecule has 14 heavy (non-hydrogen) atoms. The molecule has 3 heteroatoms. The second-order valence-electron chi connectivity index (χ2n) is 3.05. The van der Waals surface area contributed by atoms with Gasteiger partial charge in [0.2, 0.25) is 0 Å². The summed E-state index contributed by atoms with van der Waals surface area (Å²) < 4.78 is 3.29. The normalized spacial score (nSPS) is 9.86. The van der Waals surface area contributed by atoms with Gasteiger partial charge in [-0.3, -0.25) is 4.79 Å². The Kier molecular flexibility index (Phi) is 3.89. The molecule has 0 aliphatic heterocycles. The third-order valence-corrected chi connectivity index (χ3v) is 2.49. The Morgan fingerprint density at radius 2 is 2.07 bits per heavy atom. The molecule has 0 fully saturated rings. The number of amides is 1. The van der Waals surface area contributed by atoms with E-state index in [1.807, 2.05) is 19.1 Å². The van der Waals surface area contributed by atoms with Crippen molar-refractivity contribution in [2.24, 2.45) is 4.36 Å². The smallest absolute Gasteiger partial charge is 0.266 e. The molecule has 0 radical (unpaired) electrons. The molecule has 0 heterocycles. The Labute approximate surface area is 89.5 Å². The minimum absolute atomic E-state index is 0.299. The largest absolute Gasteiger partial charge is 0.288 e. The highest BCUT2D eigenvalue weighted by Gasteiger charge is 2.11. The maximum atomic E-state index is 11.4. The topological polar surface area (TPSA) is 29.4 Å². The highest BCUT2D eigenvalue weighted by atomic mass is 32.1. The van der Waals surface area contributed by atoms with Gasteiger partial charge in [0.05, 0.1) is 0 Å². The van der Waals surface area contributed by atoms with E-state index in [0.29, 0.717) is 5.56 Å². The van der Waals surface area contributed by atoms with Gasteiger partial charge < -0.3 is 0 Å². The fourth-order valence-corrected chi connectivity index (χ4v) is 1.73. The van der Waals surface area contributed by atoms with E-state index >= 15 is 0 Å². The molecule has 1 amide bonds. The summed E-state index contributed by atoms with van der Waals surface area (Å²) in [7, 11) is 0. The number of benzene rings is 1. The molecule has 1 rings (SSSR count). The third kappa shape index (κ3) is 2.04. The van der Waals surface area contributed by atoms with Crippen molar-refractivity contribution in [2.75, 3.05) is 0 Å². The van der Waals surface area contributed by atoms with Crippen LogP contribution in [0.1, 0.15) is 35.3 Å².